The highest BCUT2D eigenvalue weighted by Gasteiger charge is 2.33. The van der Waals surface area contributed by atoms with Gasteiger partial charge in [0.25, 0.3) is 0 Å². The molecule has 2 atom stereocenters. The number of piperazine rings is 1. The van der Waals surface area contributed by atoms with Gasteiger partial charge >= 0.3 is 6.09 Å². The highest BCUT2D eigenvalue weighted by Crippen LogP contribution is 2.24. The minimum Gasteiger partial charge on any atom is -0.444 e. The first-order valence-corrected chi connectivity index (χ1v) is 7.34. The number of nitrogens with zero attached hydrogens (tertiary/aromatic N) is 2. The number of carbonyl (C=O) groups excluding carboxylic acids is 1. The molecule has 0 aromatic rings. The topological polar surface area (TPSA) is 58.8 Å². The van der Waals surface area contributed by atoms with Gasteiger partial charge in [-0.15, -0.1) is 0 Å². The summed E-state index contributed by atoms with van der Waals surface area (Å²) >= 11 is 0. The molecule has 19 heavy (non-hydrogen) atoms. The zero-order chi connectivity index (χ0) is 14.0. The molecule has 1 saturated heterocycles. The van der Waals surface area contributed by atoms with Crippen LogP contribution in [0.4, 0.5) is 4.79 Å². The van der Waals surface area contributed by atoms with E-state index in [1.165, 1.54) is 12.8 Å². The molecule has 0 bridgehead atoms. The molecule has 5 nitrogen and oxygen atoms in total. The number of ether oxygens (including phenoxy) is 1. The van der Waals surface area contributed by atoms with Gasteiger partial charge in [-0.3, -0.25) is 4.90 Å². The van der Waals surface area contributed by atoms with Crippen molar-refractivity contribution in [2.45, 2.75) is 57.7 Å². The quantitative estimate of drug-likeness (QED) is 0.782. The van der Waals surface area contributed by atoms with Crippen LogP contribution in [0.3, 0.4) is 0 Å². The van der Waals surface area contributed by atoms with E-state index in [4.69, 9.17) is 10.5 Å². The van der Waals surface area contributed by atoms with Gasteiger partial charge < -0.3 is 15.4 Å². The van der Waals surface area contributed by atoms with E-state index in [-0.39, 0.29) is 6.09 Å². The second kappa shape index (κ2) is 5.67. The summed E-state index contributed by atoms with van der Waals surface area (Å²) in [5.41, 5.74) is 5.73. The van der Waals surface area contributed by atoms with Gasteiger partial charge in [0.05, 0.1) is 0 Å². The summed E-state index contributed by atoms with van der Waals surface area (Å²) < 4.78 is 5.40. The molecule has 2 aliphatic rings. The van der Waals surface area contributed by atoms with E-state index in [1.807, 2.05) is 25.7 Å². The average molecular weight is 269 g/mol. The lowest BCUT2D eigenvalue weighted by Gasteiger charge is -2.39. The minimum atomic E-state index is -0.415. The molecule has 110 valence electrons. The normalized spacial score (nSPS) is 29.6. The monoisotopic (exact) mass is 269 g/mol. The van der Waals surface area contributed by atoms with Crippen LogP contribution >= 0.6 is 0 Å². The molecule has 0 spiro atoms. The first kappa shape index (κ1) is 14.6. The molecule has 2 fully saturated rings. The lowest BCUT2D eigenvalue weighted by Crippen LogP contribution is -2.55. The van der Waals surface area contributed by atoms with E-state index in [9.17, 15) is 4.79 Å². The van der Waals surface area contributed by atoms with Gasteiger partial charge in [0.15, 0.2) is 0 Å². The molecule has 2 N–H and O–H groups in total. The molecule has 5 heteroatoms. The van der Waals surface area contributed by atoms with Crippen molar-refractivity contribution >= 4 is 6.09 Å². The third-order valence-electron chi connectivity index (χ3n) is 3.97. The molecule has 0 unspecified atom stereocenters. The standard InChI is InChI=1S/C14H27N3O2/c1-14(2,3)19-13(18)17-9-7-16(8-10-17)12-6-4-5-11(12)15/h11-12H,4-10,15H2,1-3H3/t11-,12-/m1/s1. The van der Waals surface area contributed by atoms with Gasteiger partial charge in [0.1, 0.15) is 5.60 Å². The van der Waals surface area contributed by atoms with Crippen molar-refractivity contribution in [2.75, 3.05) is 26.2 Å². The summed E-state index contributed by atoms with van der Waals surface area (Å²) in [6, 6.07) is 0.828. The Balaban J connectivity index is 1.80. The molecule has 2 rings (SSSR count). The van der Waals surface area contributed by atoms with Crippen molar-refractivity contribution in [1.29, 1.82) is 0 Å². The van der Waals surface area contributed by atoms with Crippen LogP contribution in [0.2, 0.25) is 0 Å². The summed E-state index contributed by atoms with van der Waals surface area (Å²) in [6.07, 6.45) is 3.38. The number of nitrogens with two attached hydrogens (primary N) is 1. The highest BCUT2D eigenvalue weighted by molar-refractivity contribution is 5.68. The number of amides is 1. The van der Waals surface area contributed by atoms with E-state index in [0.29, 0.717) is 12.1 Å². The van der Waals surface area contributed by atoms with E-state index >= 15 is 0 Å². The molecule has 1 amide bonds. The van der Waals surface area contributed by atoms with Crippen molar-refractivity contribution in [3.8, 4) is 0 Å². The fraction of sp³-hybridized carbons (Fsp3) is 0.929. The summed E-state index contributed by atoms with van der Waals surface area (Å²) in [6.45, 7) is 9.03. The van der Waals surface area contributed by atoms with E-state index < -0.39 is 5.60 Å². The third kappa shape index (κ3) is 3.83. The number of hydrogen-bond donors (Lipinski definition) is 1. The van der Waals surface area contributed by atoms with Gasteiger partial charge in [-0.1, -0.05) is 6.42 Å². The second-order valence-electron chi connectivity index (χ2n) is 6.67. The summed E-state index contributed by atoms with van der Waals surface area (Å²) in [5.74, 6) is 0. The zero-order valence-electron chi connectivity index (χ0n) is 12.4. The van der Waals surface area contributed by atoms with E-state index in [1.54, 1.807) is 0 Å². The summed E-state index contributed by atoms with van der Waals surface area (Å²) in [7, 11) is 0. The van der Waals surface area contributed by atoms with Gasteiger partial charge in [0.2, 0.25) is 0 Å². The lowest BCUT2D eigenvalue weighted by molar-refractivity contribution is 0.00994. The van der Waals surface area contributed by atoms with Crippen LogP contribution in [0.15, 0.2) is 0 Å². The Hall–Kier alpha value is -0.810. The molecule has 0 aromatic carbocycles. The fourth-order valence-corrected chi connectivity index (χ4v) is 2.99. The predicted molar refractivity (Wildman–Crippen MR) is 75.0 cm³/mol. The molecule has 1 aliphatic heterocycles. The maximum Gasteiger partial charge on any atom is 0.410 e. The molecule has 0 aromatic heterocycles. The van der Waals surface area contributed by atoms with Crippen LogP contribution in [0.5, 0.6) is 0 Å². The highest BCUT2D eigenvalue weighted by atomic mass is 16.6. The smallest absolute Gasteiger partial charge is 0.410 e. The van der Waals surface area contributed by atoms with Crippen molar-refractivity contribution in [1.82, 2.24) is 9.80 Å². The molecule has 1 aliphatic carbocycles. The summed E-state index contributed by atoms with van der Waals surface area (Å²) in [5, 5.41) is 0. The van der Waals surface area contributed by atoms with Crippen LogP contribution in [0, 0.1) is 0 Å². The third-order valence-corrected chi connectivity index (χ3v) is 3.97. The van der Waals surface area contributed by atoms with Crippen LogP contribution in [-0.2, 0) is 4.74 Å². The Kier molecular flexibility index (Phi) is 4.36. The first-order chi connectivity index (χ1) is 8.87. The number of hydrogen-bond acceptors (Lipinski definition) is 4. The zero-order valence-corrected chi connectivity index (χ0v) is 12.4. The van der Waals surface area contributed by atoms with Gasteiger partial charge in [-0.05, 0) is 33.6 Å². The lowest BCUT2D eigenvalue weighted by atomic mass is 10.1. The van der Waals surface area contributed by atoms with Crippen LogP contribution < -0.4 is 5.73 Å². The summed E-state index contributed by atoms with van der Waals surface area (Å²) in [4.78, 5) is 16.2. The number of rotatable bonds is 1. The molecule has 1 heterocycles. The van der Waals surface area contributed by atoms with Crippen LogP contribution in [0.25, 0.3) is 0 Å². The van der Waals surface area contributed by atoms with Crippen LogP contribution in [0.1, 0.15) is 40.0 Å². The Bertz CT molecular complexity index is 319. The maximum atomic E-state index is 12.0. The van der Waals surface area contributed by atoms with E-state index in [2.05, 4.69) is 4.90 Å². The van der Waals surface area contributed by atoms with Crippen molar-refractivity contribution in [2.24, 2.45) is 5.73 Å². The van der Waals surface area contributed by atoms with E-state index in [0.717, 1.165) is 32.6 Å². The molecular formula is C14H27N3O2. The maximum absolute atomic E-state index is 12.0. The predicted octanol–water partition coefficient (Wildman–Crippen LogP) is 1.42. The van der Waals surface area contributed by atoms with Gasteiger partial charge in [0, 0.05) is 38.3 Å². The Morgan fingerprint density at radius 3 is 2.26 bits per heavy atom. The Labute approximate surface area is 116 Å². The van der Waals surface area contributed by atoms with Crippen molar-refractivity contribution in [3.05, 3.63) is 0 Å². The molecule has 1 saturated carbocycles. The first-order valence-electron chi connectivity index (χ1n) is 7.34. The second-order valence-corrected chi connectivity index (χ2v) is 6.67. The molecular weight excluding hydrogens is 242 g/mol. The SMILES string of the molecule is CC(C)(C)OC(=O)N1CCN([C@@H]2CCC[C@H]2N)CC1. The molecule has 0 radical (unpaired) electrons. The van der Waals surface area contributed by atoms with Crippen molar-refractivity contribution in [3.63, 3.8) is 0 Å². The fourth-order valence-electron chi connectivity index (χ4n) is 2.99. The Morgan fingerprint density at radius 1 is 1.16 bits per heavy atom. The number of carbonyl (C=O) groups is 1. The largest absolute Gasteiger partial charge is 0.444 e. The average Bonchev–Trinajstić information content (AvgIpc) is 2.73. The van der Waals surface area contributed by atoms with Gasteiger partial charge in [-0.25, -0.2) is 4.79 Å². The minimum absolute atomic E-state index is 0.192. The van der Waals surface area contributed by atoms with Crippen molar-refractivity contribution < 1.29 is 9.53 Å². The van der Waals surface area contributed by atoms with Gasteiger partial charge in [-0.2, -0.15) is 0 Å². The Morgan fingerprint density at radius 2 is 1.79 bits per heavy atom. The van der Waals surface area contributed by atoms with Crippen LogP contribution in [-0.4, -0.2) is 59.8 Å².